The van der Waals surface area contributed by atoms with Crippen LogP contribution in [0.3, 0.4) is 0 Å². The minimum Gasteiger partial charge on any atom is -0.331 e. The summed E-state index contributed by atoms with van der Waals surface area (Å²) in [6.45, 7) is 11.2. The quantitative estimate of drug-likeness (QED) is 0.781. The van der Waals surface area contributed by atoms with Crippen molar-refractivity contribution in [2.24, 2.45) is 17.3 Å². The van der Waals surface area contributed by atoms with Gasteiger partial charge in [0.25, 0.3) is 5.56 Å². The molecule has 1 aliphatic heterocycles. The Bertz CT molecular complexity index is 1020. The highest BCUT2D eigenvalue weighted by Crippen LogP contribution is 2.41. The van der Waals surface area contributed by atoms with Crippen molar-refractivity contribution < 1.29 is 9.69 Å². The zero-order chi connectivity index (χ0) is 21.0. The lowest BCUT2D eigenvalue weighted by molar-refractivity contribution is -0.918. The molecule has 1 atom stereocenters. The highest BCUT2D eigenvalue weighted by atomic mass is 32.1. The van der Waals surface area contributed by atoms with Gasteiger partial charge in [-0.2, -0.15) is 0 Å². The van der Waals surface area contributed by atoms with E-state index in [4.69, 9.17) is 4.98 Å². The monoisotopic (exact) mass is 429 g/mol. The number of carbonyl (C=O) groups excluding carboxylic acids is 1. The van der Waals surface area contributed by atoms with E-state index in [0.29, 0.717) is 23.2 Å². The molecule has 0 unspecified atom stereocenters. The van der Waals surface area contributed by atoms with Crippen LogP contribution >= 0.6 is 11.3 Å². The summed E-state index contributed by atoms with van der Waals surface area (Å²) in [7, 11) is 0. The number of hydrogen-bond donors (Lipinski definition) is 2. The molecule has 2 fully saturated rings. The molecule has 7 heteroatoms. The maximum atomic E-state index is 12.9. The van der Waals surface area contributed by atoms with Crippen molar-refractivity contribution in [1.82, 2.24) is 14.9 Å². The SMILES string of the molecule is CC(C)(C)[C@@H]1CCc2c(sc3nc(C[NH+]4CCN(C(=O)C5CC5)CC4)[nH]c(=O)c23)C1. The summed E-state index contributed by atoms with van der Waals surface area (Å²) in [5.41, 5.74) is 1.57. The number of aryl methyl sites for hydroxylation is 1. The molecular formula is C23H33N4O2S+. The second-order valence-electron chi connectivity index (χ2n) is 10.5. The zero-order valence-electron chi connectivity index (χ0n) is 18.3. The van der Waals surface area contributed by atoms with Crippen molar-refractivity contribution in [3.8, 4) is 0 Å². The van der Waals surface area contributed by atoms with Gasteiger partial charge in [0.05, 0.1) is 31.6 Å². The van der Waals surface area contributed by atoms with Gasteiger partial charge in [-0.1, -0.05) is 20.8 Å². The highest BCUT2D eigenvalue weighted by Gasteiger charge is 2.36. The second-order valence-corrected chi connectivity index (χ2v) is 11.6. The summed E-state index contributed by atoms with van der Waals surface area (Å²) < 4.78 is 0. The lowest BCUT2D eigenvalue weighted by Gasteiger charge is -2.33. The number of nitrogens with zero attached hydrogens (tertiary/aromatic N) is 2. The molecule has 1 amide bonds. The van der Waals surface area contributed by atoms with Gasteiger partial charge >= 0.3 is 0 Å². The predicted molar refractivity (Wildman–Crippen MR) is 119 cm³/mol. The lowest BCUT2D eigenvalue weighted by Crippen LogP contribution is -3.13. The Morgan fingerprint density at radius 1 is 1.23 bits per heavy atom. The van der Waals surface area contributed by atoms with E-state index in [1.165, 1.54) is 15.3 Å². The van der Waals surface area contributed by atoms with Gasteiger partial charge in [-0.25, -0.2) is 4.98 Å². The van der Waals surface area contributed by atoms with Crippen molar-refractivity contribution in [1.29, 1.82) is 0 Å². The number of H-pyrrole nitrogens is 1. The standard InChI is InChI=1S/C23H32N4O2S/c1-23(2,3)15-6-7-16-17(12-15)30-21-19(16)20(28)24-18(25-21)13-26-8-10-27(11-9-26)22(29)14-4-5-14/h14-15H,4-13H2,1-3H3,(H,24,25,28)/p+1/t15-/m1/s1. The first-order chi connectivity index (χ1) is 14.3. The number of nitrogens with one attached hydrogen (secondary N) is 2. The first-order valence-corrected chi connectivity index (χ1v) is 12.3. The molecule has 3 heterocycles. The zero-order valence-corrected chi connectivity index (χ0v) is 19.2. The number of hydrogen-bond acceptors (Lipinski definition) is 4. The molecule has 2 aromatic heterocycles. The van der Waals surface area contributed by atoms with E-state index in [1.54, 1.807) is 11.3 Å². The molecule has 5 rings (SSSR count). The molecule has 3 aliphatic rings. The van der Waals surface area contributed by atoms with E-state index in [-0.39, 0.29) is 5.56 Å². The molecule has 162 valence electrons. The summed E-state index contributed by atoms with van der Waals surface area (Å²) in [6, 6.07) is 0. The minimum atomic E-state index is 0.0312. The van der Waals surface area contributed by atoms with Crippen LogP contribution in [0.2, 0.25) is 0 Å². The van der Waals surface area contributed by atoms with Gasteiger partial charge in [0.1, 0.15) is 11.4 Å². The largest absolute Gasteiger partial charge is 0.331 e. The Labute approximate surface area is 181 Å². The third-order valence-corrected chi connectivity index (χ3v) is 8.47. The summed E-state index contributed by atoms with van der Waals surface area (Å²) in [5.74, 6) is 2.10. The van der Waals surface area contributed by atoms with Crippen molar-refractivity contribution >= 4 is 27.5 Å². The number of piperazine rings is 1. The third-order valence-electron chi connectivity index (χ3n) is 7.32. The smallest absolute Gasteiger partial charge is 0.260 e. The van der Waals surface area contributed by atoms with Crippen LogP contribution in [0.25, 0.3) is 10.2 Å². The molecule has 2 aliphatic carbocycles. The topological polar surface area (TPSA) is 70.5 Å². The average Bonchev–Trinajstić information content (AvgIpc) is 3.47. The fourth-order valence-electron chi connectivity index (χ4n) is 5.10. The van der Waals surface area contributed by atoms with Gasteiger partial charge < -0.3 is 14.8 Å². The third kappa shape index (κ3) is 3.82. The van der Waals surface area contributed by atoms with Crippen LogP contribution < -0.4 is 10.5 Å². The molecule has 6 nitrogen and oxygen atoms in total. The highest BCUT2D eigenvalue weighted by molar-refractivity contribution is 7.18. The van der Waals surface area contributed by atoms with Gasteiger partial charge in [-0.3, -0.25) is 9.59 Å². The maximum Gasteiger partial charge on any atom is 0.260 e. The molecule has 0 aromatic carbocycles. The Hall–Kier alpha value is -1.73. The molecule has 2 aromatic rings. The van der Waals surface area contributed by atoms with E-state index >= 15 is 0 Å². The van der Waals surface area contributed by atoms with E-state index < -0.39 is 0 Å². The van der Waals surface area contributed by atoms with Crippen LogP contribution in [0.4, 0.5) is 0 Å². The number of thiophene rings is 1. The van der Waals surface area contributed by atoms with Gasteiger partial charge in [0.2, 0.25) is 5.91 Å². The molecule has 30 heavy (non-hydrogen) atoms. The van der Waals surface area contributed by atoms with Crippen LogP contribution in [0.1, 0.15) is 56.3 Å². The molecule has 1 saturated carbocycles. The number of fused-ring (bicyclic) bond motifs is 3. The minimum absolute atomic E-state index is 0.0312. The molecule has 0 radical (unpaired) electrons. The van der Waals surface area contributed by atoms with Gasteiger partial charge in [-0.15, -0.1) is 11.3 Å². The van der Waals surface area contributed by atoms with Crippen LogP contribution in [-0.4, -0.2) is 47.0 Å². The van der Waals surface area contributed by atoms with E-state index in [2.05, 4.69) is 25.8 Å². The Kier molecular flexibility index (Phi) is 5.01. The molecular weight excluding hydrogens is 396 g/mol. The Balaban J connectivity index is 1.31. The van der Waals surface area contributed by atoms with Crippen molar-refractivity contribution in [2.75, 3.05) is 26.2 Å². The fourth-order valence-corrected chi connectivity index (χ4v) is 6.42. The van der Waals surface area contributed by atoms with E-state index in [1.807, 2.05) is 4.90 Å². The van der Waals surface area contributed by atoms with Gasteiger partial charge in [-0.05, 0) is 49.0 Å². The summed E-state index contributed by atoms with van der Waals surface area (Å²) in [4.78, 5) is 38.8. The predicted octanol–water partition coefficient (Wildman–Crippen LogP) is 1.77. The number of carbonyl (C=O) groups is 1. The van der Waals surface area contributed by atoms with Crippen molar-refractivity contribution in [3.05, 3.63) is 26.6 Å². The second kappa shape index (κ2) is 7.45. The molecule has 0 bridgehead atoms. The number of aromatic amines is 1. The molecule has 0 spiro atoms. The number of rotatable bonds is 3. The molecule has 1 saturated heterocycles. The van der Waals surface area contributed by atoms with E-state index in [9.17, 15) is 9.59 Å². The number of aromatic nitrogens is 2. The van der Waals surface area contributed by atoms with Crippen molar-refractivity contribution in [2.45, 2.75) is 59.4 Å². The van der Waals surface area contributed by atoms with Crippen LogP contribution in [0, 0.1) is 17.3 Å². The van der Waals surface area contributed by atoms with Gasteiger partial charge in [0.15, 0.2) is 5.82 Å². The maximum absolute atomic E-state index is 12.9. The summed E-state index contributed by atoms with van der Waals surface area (Å²) >= 11 is 1.73. The normalized spacial score (nSPS) is 23.0. The van der Waals surface area contributed by atoms with Crippen molar-refractivity contribution in [3.63, 3.8) is 0 Å². The Morgan fingerprint density at radius 2 is 1.97 bits per heavy atom. The average molecular weight is 430 g/mol. The summed E-state index contributed by atoms with van der Waals surface area (Å²) in [5, 5.41) is 0.834. The Morgan fingerprint density at radius 3 is 2.63 bits per heavy atom. The van der Waals surface area contributed by atoms with Crippen LogP contribution in [0.5, 0.6) is 0 Å². The molecule has 2 N–H and O–H groups in total. The first kappa shape index (κ1) is 20.2. The summed E-state index contributed by atoms with van der Waals surface area (Å²) in [6.07, 6.45) is 5.34. The number of quaternary nitrogens is 1. The first-order valence-electron chi connectivity index (χ1n) is 11.5. The van der Waals surface area contributed by atoms with Crippen LogP contribution in [0.15, 0.2) is 4.79 Å². The number of amides is 1. The van der Waals surface area contributed by atoms with Crippen LogP contribution in [-0.2, 0) is 24.2 Å². The fraction of sp³-hybridized carbons (Fsp3) is 0.696. The van der Waals surface area contributed by atoms with Gasteiger partial charge in [0, 0.05) is 10.8 Å². The van der Waals surface area contributed by atoms with E-state index in [0.717, 1.165) is 80.9 Å². The lowest BCUT2D eigenvalue weighted by atomic mass is 9.72.